The summed E-state index contributed by atoms with van der Waals surface area (Å²) in [5.41, 5.74) is 5.11. The molecule has 5 rings (SSSR count). The SMILES string of the molecule is [B]c1c(C)c(P)c(F)c(-c2nc3oc(C=C4C(=O)c5cc(C)c(C)cc5C4=O)cc3n2C)c1I. The summed E-state index contributed by atoms with van der Waals surface area (Å²) in [6, 6.07) is 5.19. The first-order chi connectivity index (χ1) is 16.0. The summed E-state index contributed by atoms with van der Waals surface area (Å²) in [5, 5.41) is 0.390. The van der Waals surface area contributed by atoms with Crippen molar-refractivity contribution in [1.29, 1.82) is 0 Å². The first-order valence-corrected chi connectivity index (χ1v) is 12.1. The molecule has 0 fully saturated rings. The predicted molar refractivity (Wildman–Crippen MR) is 143 cm³/mol. The summed E-state index contributed by atoms with van der Waals surface area (Å²) in [6.07, 6.45) is 1.45. The van der Waals surface area contributed by atoms with Gasteiger partial charge in [0.2, 0.25) is 5.71 Å². The fourth-order valence-electron chi connectivity index (χ4n) is 4.19. The molecule has 34 heavy (non-hydrogen) atoms. The predicted octanol–water partition coefficient (Wildman–Crippen LogP) is 4.26. The van der Waals surface area contributed by atoms with Gasteiger partial charge in [-0.2, -0.15) is 4.98 Å². The van der Waals surface area contributed by atoms with E-state index in [2.05, 4.69) is 14.2 Å². The summed E-state index contributed by atoms with van der Waals surface area (Å²) >= 11 is 2.02. The van der Waals surface area contributed by atoms with Gasteiger partial charge in [-0.15, -0.1) is 9.24 Å². The van der Waals surface area contributed by atoms with Crippen molar-refractivity contribution >= 4 is 79.3 Å². The van der Waals surface area contributed by atoms with Crippen LogP contribution >= 0.6 is 31.8 Å². The second kappa shape index (κ2) is 7.99. The van der Waals surface area contributed by atoms with E-state index in [-0.39, 0.29) is 22.9 Å². The summed E-state index contributed by atoms with van der Waals surface area (Å²) in [7, 11) is 10.3. The molecule has 0 bridgehead atoms. The molecule has 1 aliphatic carbocycles. The van der Waals surface area contributed by atoms with Crippen LogP contribution in [0.4, 0.5) is 4.39 Å². The number of rotatable bonds is 2. The van der Waals surface area contributed by atoms with E-state index in [1.807, 2.05) is 36.4 Å². The first kappa shape index (κ1) is 23.2. The minimum atomic E-state index is -0.412. The smallest absolute Gasteiger partial charge is 0.245 e. The zero-order valence-corrected chi connectivity index (χ0v) is 22.2. The van der Waals surface area contributed by atoms with E-state index < -0.39 is 5.82 Å². The largest absolute Gasteiger partial charge is 0.437 e. The van der Waals surface area contributed by atoms with Crippen LogP contribution in [0.25, 0.3) is 28.7 Å². The lowest BCUT2D eigenvalue weighted by molar-refractivity contribution is 0.0990. The molecule has 168 valence electrons. The molecule has 2 aromatic carbocycles. The van der Waals surface area contributed by atoms with E-state index in [9.17, 15) is 9.59 Å². The Bertz CT molecular complexity index is 1560. The quantitative estimate of drug-likeness (QED) is 0.117. The molecule has 5 nitrogen and oxygen atoms in total. The topological polar surface area (TPSA) is 65.1 Å². The minimum Gasteiger partial charge on any atom is -0.437 e. The Kier molecular flexibility index (Phi) is 5.45. The number of imidazole rings is 1. The van der Waals surface area contributed by atoms with Crippen molar-refractivity contribution in [2.45, 2.75) is 20.8 Å². The molecule has 1 aliphatic rings. The lowest BCUT2D eigenvalue weighted by Crippen LogP contribution is -2.24. The Morgan fingerprint density at radius 1 is 1.12 bits per heavy atom. The van der Waals surface area contributed by atoms with Crippen molar-refractivity contribution in [3.63, 3.8) is 0 Å². The Morgan fingerprint density at radius 2 is 1.71 bits per heavy atom. The highest BCUT2D eigenvalue weighted by atomic mass is 127. The molecule has 0 saturated carbocycles. The number of hydrogen-bond donors (Lipinski definition) is 0. The summed E-state index contributed by atoms with van der Waals surface area (Å²) in [6.45, 7) is 5.58. The third-order valence-electron chi connectivity index (χ3n) is 6.44. The van der Waals surface area contributed by atoms with Gasteiger partial charge in [0.05, 0.1) is 11.1 Å². The van der Waals surface area contributed by atoms with Crippen LogP contribution in [0.2, 0.25) is 0 Å². The lowest BCUT2D eigenvalue weighted by atomic mass is 9.89. The Morgan fingerprint density at radius 3 is 2.26 bits per heavy atom. The van der Waals surface area contributed by atoms with Crippen molar-refractivity contribution in [2.24, 2.45) is 7.05 Å². The molecule has 9 heteroatoms. The normalized spacial score (nSPS) is 13.3. The van der Waals surface area contributed by atoms with E-state index in [1.165, 1.54) is 6.08 Å². The van der Waals surface area contributed by atoms with Crippen LogP contribution < -0.4 is 10.8 Å². The first-order valence-electron chi connectivity index (χ1n) is 10.4. The van der Waals surface area contributed by atoms with Crippen molar-refractivity contribution in [3.05, 3.63) is 66.7 Å². The Labute approximate surface area is 212 Å². The van der Waals surface area contributed by atoms with Crippen molar-refractivity contribution in [1.82, 2.24) is 9.55 Å². The van der Waals surface area contributed by atoms with Gasteiger partial charge in [-0.3, -0.25) is 9.59 Å². The fourth-order valence-corrected chi connectivity index (χ4v) is 5.37. The summed E-state index contributed by atoms with van der Waals surface area (Å²) < 4.78 is 23.3. The van der Waals surface area contributed by atoms with Crippen molar-refractivity contribution < 1.29 is 18.4 Å². The molecule has 0 N–H and O–H groups in total. The van der Waals surface area contributed by atoms with Gasteiger partial charge < -0.3 is 8.98 Å². The number of Topliss-reactive ketones (excluding diaryl/α,β-unsaturated/α-hetero) is 2. The maximum atomic E-state index is 15.2. The van der Waals surface area contributed by atoms with E-state index >= 15 is 4.39 Å². The average Bonchev–Trinajstić information content (AvgIpc) is 3.40. The number of hydrogen-bond acceptors (Lipinski definition) is 4. The molecule has 0 amide bonds. The third-order valence-corrected chi connectivity index (χ3v) is 8.25. The standard InChI is InChI=1S/C25H18BFIN2O3P/c1-9-5-13-14(6-10(9)2)22(32)15(21(13)31)7-12-8-16-25(33-12)29-24(30(16)4)17-19(27)23(34)11(3)18(26)20(17)28/h5-8H,34H2,1-4H3. The van der Waals surface area contributed by atoms with Crippen LogP contribution in [0.1, 0.15) is 43.2 Å². The van der Waals surface area contributed by atoms with Gasteiger partial charge in [0.25, 0.3) is 0 Å². The Balaban J connectivity index is 1.60. The highest BCUT2D eigenvalue weighted by Crippen LogP contribution is 2.34. The molecule has 4 aromatic rings. The molecule has 1 unspecified atom stereocenters. The number of halogens is 2. The number of benzene rings is 2. The van der Waals surface area contributed by atoms with Crippen molar-refractivity contribution in [2.75, 3.05) is 0 Å². The number of ketones is 2. The van der Waals surface area contributed by atoms with Gasteiger partial charge in [0.15, 0.2) is 11.6 Å². The number of carbonyl (C=O) groups is 2. The lowest BCUT2D eigenvalue weighted by Gasteiger charge is -2.15. The maximum Gasteiger partial charge on any atom is 0.245 e. The van der Waals surface area contributed by atoms with E-state index in [4.69, 9.17) is 12.3 Å². The zero-order valence-electron chi connectivity index (χ0n) is 18.8. The van der Waals surface area contributed by atoms with Crippen molar-refractivity contribution in [3.8, 4) is 11.4 Å². The number of fused-ring (bicyclic) bond motifs is 2. The molecular formula is C25H18BFIN2O3P. The van der Waals surface area contributed by atoms with E-state index in [0.717, 1.165) is 11.1 Å². The van der Waals surface area contributed by atoms with E-state index in [0.29, 0.717) is 53.7 Å². The fraction of sp³-hybridized carbons (Fsp3) is 0.160. The number of aryl methyl sites for hydroxylation is 3. The number of aromatic nitrogens is 2. The second-order valence-electron chi connectivity index (χ2n) is 8.49. The van der Waals surface area contributed by atoms with Gasteiger partial charge in [-0.05, 0) is 78.3 Å². The summed E-state index contributed by atoms with van der Waals surface area (Å²) in [4.78, 5) is 30.3. The average molecular weight is 582 g/mol. The van der Waals surface area contributed by atoms with Crippen LogP contribution in [0.3, 0.4) is 0 Å². The van der Waals surface area contributed by atoms with Crippen LogP contribution in [0.5, 0.6) is 0 Å². The number of allylic oxidation sites excluding steroid dienone is 1. The number of nitrogens with zero attached hydrogens (tertiary/aromatic N) is 2. The molecular weight excluding hydrogens is 564 g/mol. The molecule has 0 aliphatic heterocycles. The monoisotopic (exact) mass is 582 g/mol. The van der Waals surface area contributed by atoms with E-state index in [1.54, 1.807) is 36.7 Å². The van der Waals surface area contributed by atoms with Crippen LogP contribution in [0, 0.1) is 30.2 Å². The van der Waals surface area contributed by atoms with Gasteiger partial charge in [-0.25, -0.2) is 4.39 Å². The van der Waals surface area contributed by atoms with Gasteiger partial charge in [0.1, 0.15) is 30.8 Å². The number of furan rings is 1. The third kappa shape index (κ3) is 3.26. The molecule has 2 heterocycles. The second-order valence-corrected chi connectivity index (χ2v) is 10.1. The van der Waals surface area contributed by atoms with Crippen LogP contribution in [0.15, 0.2) is 28.2 Å². The Hall–Kier alpha value is -2.58. The molecule has 2 aromatic heterocycles. The van der Waals surface area contributed by atoms with Crippen LogP contribution in [-0.2, 0) is 7.05 Å². The van der Waals surface area contributed by atoms with Gasteiger partial charge in [-0.1, -0.05) is 5.46 Å². The summed E-state index contributed by atoms with van der Waals surface area (Å²) in [5.74, 6) is -0.363. The maximum absolute atomic E-state index is 15.2. The molecule has 1 atom stereocenters. The highest BCUT2D eigenvalue weighted by molar-refractivity contribution is 14.1. The molecule has 2 radical (unpaired) electrons. The van der Waals surface area contributed by atoms with Gasteiger partial charge in [0, 0.05) is 33.1 Å². The number of carbonyl (C=O) groups excluding carboxylic acids is 2. The van der Waals surface area contributed by atoms with Crippen LogP contribution in [-0.4, -0.2) is 29.0 Å². The van der Waals surface area contributed by atoms with Gasteiger partial charge >= 0.3 is 0 Å². The molecule has 0 saturated heterocycles. The molecule has 0 spiro atoms. The zero-order chi connectivity index (χ0) is 24.6. The highest BCUT2D eigenvalue weighted by Gasteiger charge is 2.34. The minimum absolute atomic E-state index is 0.0545.